The summed E-state index contributed by atoms with van der Waals surface area (Å²) in [6, 6.07) is 0.278. The molecule has 0 aromatic rings. The Morgan fingerprint density at radius 3 is 2.40 bits per heavy atom. The number of rotatable bonds is 5. The topological polar surface area (TPSA) is 47.3 Å². The highest BCUT2D eigenvalue weighted by Gasteiger charge is 2.09. The Hall–Kier alpha value is -0.120. The Bertz CT molecular complexity index is 76.0. The van der Waals surface area contributed by atoms with Crippen LogP contribution in [0.5, 0.6) is 0 Å². The SMILES string of the molecule is CCOCC(NN)C(C)C. The fourth-order valence-corrected chi connectivity index (χ4v) is 0.678. The van der Waals surface area contributed by atoms with Crippen molar-refractivity contribution in [2.24, 2.45) is 11.8 Å². The fourth-order valence-electron chi connectivity index (χ4n) is 0.678. The maximum Gasteiger partial charge on any atom is 0.0635 e. The predicted octanol–water partition coefficient (Wildman–Crippen LogP) is 0.511. The second-order valence-electron chi connectivity index (χ2n) is 2.68. The third kappa shape index (κ3) is 3.82. The highest BCUT2D eigenvalue weighted by molar-refractivity contribution is 4.65. The summed E-state index contributed by atoms with van der Waals surface area (Å²) in [6.07, 6.45) is 0. The average molecular weight is 146 g/mol. The van der Waals surface area contributed by atoms with Gasteiger partial charge in [-0.1, -0.05) is 13.8 Å². The third-order valence-electron chi connectivity index (χ3n) is 1.52. The quantitative estimate of drug-likeness (QED) is 0.439. The molecule has 0 radical (unpaired) electrons. The van der Waals surface area contributed by atoms with Gasteiger partial charge < -0.3 is 4.74 Å². The number of nitrogens with one attached hydrogen (secondary N) is 1. The Morgan fingerprint density at radius 1 is 1.50 bits per heavy atom. The maximum atomic E-state index is 5.28. The second-order valence-corrected chi connectivity index (χ2v) is 2.68. The average Bonchev–Trinajstić information content (AvgIpc) is 1.89. The minimum Gasteiger partial charge on any atom is -0.380 e. The van der Waals surface area contributed by atoms with Gasteiger partial charge in [0.2, 0.25) is 0 Å². The van der Waals surface area contributed by atoms with Gasteiger partial charge in [0.1, 0.15) is 0 Å². The molecule has 1 unspecified atom stereocenters. The van der Waals surface area contributed by atoms with Gasteiger partial charge in [-0.15, -0.1) is 0 Å². The van der Waals surface area contributed by atoms with Crippen molar-refractivity contribution < 1.29 is 4.74 Å². The highest BCUT2D eigenvalue weighted by atomic mass is 16.5. The summed E-state index contributed by atoms with van der Waals surface area (Å²) in [5, 5.41) is 0. The van der Waals surface area contributed by atoms with Gasteiger partial charge in [-0.25, -0.2) is 0 Å². The molecule has 0 amide bonds. The van der Waals surface area contributed by atoms with E-state index in [0.29, 0.717) is 12.5 Å². The summed E-state index contributed by atoms with van der Waals surface area (Å²) < 4.78 is 5.21. The molecule has 0 heterocycles. The van der Waals surface area contributed by atoms with Crippen LogP contribution in [0.2, 0.25) is 0 Å². The number of nitrogens with two attached hydrogens (primary N) is 1. The molecule has 0 saturated carbocycles. The van der Waals surface area contributed by atoms with E-state index in [1.165, 1.54) is 0 Å². The molecule has 0 aliphatic carbocycles. The van der Waals surface area contributed by atoms with E-state index >= 15 is 0 Å². The maximum absolute atomic E-state index is 5.28. The van der Waals surface area contributed by atoms with Crippen LogP contribution in [0.25, 0.3) is 0 Å². The van der Waals surface area contributed by atoms with E-state index in [1.807, 2.05) is 6.92 Å². The van der Waals surface area contributed by atoms with Crippen LogP contribution < -0.4 is 11.3 Å². The lowest BCUT2D eigenvalue weighted by Crippen LogP contribution is -2.42. The van der Waals surface area contributed by atoms with E-state index in [4.69, 9.17) is 10.6 Å². The van der Waals surface area contributed by atoms with E-state index in [2.05, 4.69) is 19.3 Å². The van der Waals surface area contributed by atoms with Gasteiger partial charge in [0, 0.05) is 12.6 Å². The lowest BCUT2D eigenvalue weighted by Gasteiger charge is -2.18. The molecule has 0 saturated heterocycles. The summed E-state index contributed by atoms with van der Waals surface area (Å²) in [6.45, 7) is 7.66. The summed E-state index contributed by atoms with van der Waals surface area (Å²) >= 11 is 0. The van der Waals surface area contributed by atoms with Crippen LogP contribution in [-0.2, 0) is 4.74 Å². The smallest absolute Gasteiger partial charge is 0.0635 e. The molecule has 62 valence electrons. The molecular formula is C7H18N2O. The standard InChI is InChI=1S/C7H18N2O/c1-4-10-5-7(9-8)6(2)3/h6-7,9H,4-5,8H2,1-3H3. The number of ether oxygens (including phenoxy) is 1. The lowest BCUT2D eigenvalue weighted by molar-refractivity contribution is 0.108. The molecule has 0 spiro atoms. The molecule has 0 aromatic heterocycles. The lowest BCUT2D eigenvalue weighted by atomic mass is 10.1. The molecule has 0 rings (SSSR count). The highest BCUT2D eigenvalue weighted by Crippen LogP contribution is 1.99. The van der Waals surface area contributed by atoms with Crippen LogP contribution in [-0.4, -0.2) is 19.3 Å². The van der Waals surface area contributed by atoms with Crippen LogP contribution >= 0.6 is 0 Å². The summed E-state index contributed by atoms with van der Waals surface area (Å²) in [5.74, 6) is 5.81. The van der Waals surface area contributed by atoms with E-state index in [-0.39, 0.29) is 6.04 Å². The molecule has 0 bridgehead atoms. The minimum absolute atomic E-state index is 0.278. The third-order valence-corrected chi connectivity index (χ3v) is 1.52. The largest absolute Gasteiger partial charge is 0.380 e. The molecule has 3 heteroatoms. The summed E-state index contributed by atoms with van der Waals surface area (Å²) in [4.78, 5) is 0. The molecule has 1 atom stereocenters. The monoisotopic (exact) mass is 146 g/mol. The van der Waals surface area contributed by atoms with E-state index < -0.39 is 0 Å². The molecule has 0 aliphatic heterocycles. The predicted molar refractivity (Wildman–Crippen MR) is 42.4 cm³/mol. The van der Waals surface area contributed by atoms with Crippen LogP contribution in [0.1, 0.15) is 20.8 Å². The van der Waals surface area contributed by atoms with E-state index in [1.54, 1.807) is 0 Å². The Morgan fingerprint density at radius 2 is 2.10 bits per heavy atom. The summed E-state index contributed by atoms with van der Waals surface area (Å²) in [5.41, 5.74) is 2.71. The summed E-state index contributed by atoms with van der Waals surface area (Å²) in [7, 11) is 0. The van der Waals surface area contributed by atoms with Gasteiger partial charge in [-0.05, 0) is 12.8 Å². The van der Waals surface area contributed by atoms with Crippen LogP contribution in [0.4, 0.5) is 0 Å². The van der Waals surface area contributed by atoms with Crippen LogP contribution in [0, 0.1) is 5.92 Å². The first-order valence-electron chi connectivity index (χ1n) is 3.76. The van der Waals surface area contributed by atoms with Crippen molar-refractivity contribution in [3.63, 3.8) is 0 Å². The first kappa shape index (κ1) is 9.88. The molecule has 10 heavy (non-hydrogen) atoms. The van der Waals surface area contributed by atoms with E-state index in [9.17, 15) is 0 Å². The van der Waals surface area contributed by atoms with Gasteiger partial charge in [0.05, 0.1) is 6.61 Å². The second kappa shape index (κ2) is 5.65. The molecule has 3 nitrogen and oxygen atoms in total. The minimum atomic E-state index is 0.278. The van der Waals surface area contributed by atoms with Gasteiger partial charge >= 0.3 is 0 Å². The van der Waals surface area contributed by atoms with Gasteiger partial charge in [-0.3, -0.25) is 11.3 Å². The first-order valence-corrected chi connectivity index (χ1v) is 3.76. The molecule has 0 aliphatic rings. The van der Waals surface area contributed by atoms with Crippen LogP contribution in [0.15, 0.2) is 0 Å². The Kier molecular flexibility index (Phi) is 5.58. The van der Waals surface area contributed by atoms with Crippen molar-refractivity contribution in [2.45, 2.75) is 26.8 Å². The molecular weight excluding hydrogens is 128 g/mol. The van der Waals surface area contributed by atoms with Gasteiger partial charge in [0.15, 0.2) is 0 Å². The number of hydrogen-bond acceptors (Lipinski definition) is 3. The number of hydrazine groups is 1. The van der Waals surface area contributed by atoms with E-state index in [0.717, 1.165) is 6.61 Å². The van der Waals surface area contributed by atoms with Crippen molar-refractivity contribution in [1.29, 1.82) is 0 Å². The zero-order chi connectivity index (χ0) is 7.98. The molecule has 3 N–H and O–H groups in total. The Labute approximate surface area is 62.9 Å². The Balaban J connectivity index is 3.40. The molecule has 0 aromatic carbocycles. The zero-order valence-electron chi connectivity index (χ0n) is 7.05. The van der Waals surface area contributed by atoms with Gasteiger partial charge in [-0.2, -0.15) is 0 Å². The van der Waals surface area contributed by atoms with Crippen molar-refractivity contribution in [1.82, 2.24) is 5.43 Å². The normalized spacial score (nSPS) is 14.1. The molecule has 0 fully saturated rings. The zero-order valence-corrected chi connectivity index (χ0v) is 7.05. The first-order chi connectivity index (χ1) is 4.72. The number of hydrogen-bond donors (Lipinski definition) is 2. The van der Waals surface area contributed by atoms with Crippen LogP contribution in [0.3, 0.4) is 0 Å². The van der Waals surface area contributed by atoms with Gasteiger partial charge in [0.25, 0.3) is 0 Å². The van der Waals surface area contributed by atoms with Crippen molar-refractivity contribution >= 4 is 0 Å². The van der Waals surface area contributed by atoms with Crippen molar-refractivity contribution in [2.75, 3.05) is 13.2 Å². The van der Waals surface area contributed by atoms with Crippen molar-refractivity contribution in [3.8, 4) is 0 Å². The fraction of sp³-hybridized carbons (Fsp3) is 1.00. The van der Waals surface area contributed by atoms with Crippen molar-refractivity contribution in [3.05, 3.63) is 0 Å².